The van der Waals surface area contributed by atoms with Gasteiger partial charge in [-0.2, -0.15) is 19.7 Å². The average molecular weight is 392 g/mol. The number of primary amides is 1. The van der Waals surface area contributed by atoms with Crippen molar-refractivity contribution in [1.82, 2.24) is 19.7 Å². The van der Waals surface area contributed by atoms with Gasteiger partial charge in [0.2, 0.25) is 11.8 Å². The van der Waals surface area contributed by atoms with Crippen molar-refractivity contribution in [2.75, 3.05) is 11.9 Å². The number of thiophene rings is 1. The molecular formula is C19H16N6O2S. The molecule has 8 nitrogen and oxygen atoms in total. The molecule has 0 atom stereocenters. The fraction of sp³-hybridized carbons (Fsp3) is 0.158. The van der Waals surface area contributed by atoms with Crippen LogP contribution in [0.1, 0.15) is 20.8 Å². The molecule has 4 aromatic rings. The molecule has 1 aliphatic heterocycles. The topological polar surface area (TPSA) is 108 Å². The lowest BCUT2D eigenvalue weighted by Crippen LogP contribution is -2.11. The Kier molecular flexibility index (Phi) is 3.94. The number of nitrogens with two attached hydrogens (primary N) is 1. The van der Waals surface area contributed by atoms with E-state index in [2.05, 4.69) is 21.5 Å². The Balaban J connectivity index is 1.59. The van der Waals surface area contributed by atoms with E-state index in [1.165, 1.54) is 4.88 Å². The monoisotopic (exact) mass is 392 g/mol. The van der Waals surface area contributed by atoms with Crippen LogP contribution in [0.5, 0.6) is 5.88 Å². The number of carbonyl (C=O) groups excluding carboxylic acids is 1. The first-order chi connectivity index (χ1) is 13.7. The van der Waals surface area contributed by atoms with Crippen LogP contribution in [0.2, 0.25) is 0 Å². The maximum absolute atomic E-state index is 11.7. The molecule has 0 saturated heterocycles. The normalized spacial score (nSPS) is 12.7. The highest BCUT2D eigenvalue weighted by molar-refractivity contribution is 7.09. The standard InChI is InChI=1S/C19H16N6O2S/c20-16(26)12-4-1-5-15-14(12)10-22-25(15)19-23-17(13-6-7-27-18(13)24-19)21-9-11-3-2-8-28-11/h1-5,8,10H,6-7,9H2,(H2,20,26)(H,21,23,24). The van der Waals surface area contributed by atoms with E-state index >= 15 is 0 Å². The summed E-state index contributed by atoms with van der Waals surface area (Å²) < 4.78 is 7.28. The molecule has 0 bridgehead atoms. The van der Waals surface area contributed by atoms with Crippen molar-refractivity contribution in [1.29, 1.82) is 0 Å². The van der Waals surface area contributed by atoms with Gasteiger partial charge in [-0.15, -0.1) is 11.3 Å². The first kappa shape index (κ1) is 16.7. The Morgan fingerprint density at radius 2 is 2.21 bits per heavy atom. The van der Waals surface area contributed by atoms with Gasteiger partial charge in [-0.1, -0.05) is 12.1 Å². The number of nitrogens with zero attached hydrogens (tertiary/aromatic N) is 4. The molecule has 28 heavy (non-hydrogen) atoms. The Morgan fingerprint density at radius 1 is 1.29 bits per heavy atom. The van der Waals surface area contributed by atoms with E-state index in [0.717, 1.165) is 17.8 Å². The fourth-order valence-electron chi connectivity index (χ4n) is 3.30. The number of anilines is 1. The average Bonchev–Trinajstić information content (AvgIpc) is 3.45. The van der Waals surface area contributed by atoms with Gasteiger partial charge in [0.25, 0.3) is 5.95 Å². The molecule has 4 heterocycles. The van der Waals surface area contributed by atoms with Crippen molar-refractivity contribution < 1.29 is 9.53 Å². The molecule has 0 fully saturated rings. The lowest BCUT2D eigenvalue weighted by molar-refractivity contribution is 0.100. The molecule has 1 aromatic carbocycles. The van der Waals surface area contributed by atoms with Crippen molar-refractivity contribution >= 4 is 34.0 Å². The van der Waals surface area contributed by atoms with E-state index in [1.807, 2.05) is 17.5 Å². The van der Waals surface area contributed by atoms with Gasteiger partial charge in [-0.05, 0) is 23.6 Å². The van der Waals surface area contributed by atoms with Gasteiger partial charge >= 0.3 is 0 Å². The minimum atomic E-state index is -0.498. The second-order valence-corrected chi connectivity index (χ2v) is 7.38. The molecule has 0 aliphatic carbocycles. The van der Waals surface area contributed by atoms with E-state index in [1.54, 1.807) is 34.3 Å². The number of aromatic nitrogens is 4. The number of rotatable bonds is 5. The number of ether oxygens (including phenoxy) is 1. The van der Waals surface area contributed by atoms with Gasteiger partial charge in [-0.3, -0.25) is 4.79 Å². The molecule has 0 unspecified atom stereocenters. The molecule has 0 saturated carbocycles. The summed E-state index contributed by atoms with van der Waals surface area (Å²) in [6.45, 7) is 1.25. The number of benzene rings is 1. The third-order valence-electron chi connectivity index (χ3n) is 4.63. The van der Waals surface area contributed by atoms with E-state index < -0.39 is 5.91 Å². The quantitative estimate of drug-likeness (QED) is 0.540. The Bertz CT molecular complexity index is 1180. The zero-order valence-corrected chi connectivity index (χ0v) is 15.6. The van der Waals surface area contributed by atoms with Gasteiger partial charge in [0.15, 0.2) is 0 Å². The number of hydrogen-bond donors (Lipinski definition) is 2. The van der Waals surface area contributed by atoms with Gasteiger partial charge in [0.1, 0.15) is 5.82 Å². The second kappa shape index (κ2) is 6.61. The third-order valence-corrected chi connectivity index (χ3v) is 5.50. The molecule has 140 valence electrons. The highest BCUT2D eigenvalue weighted by Crippen LogP contribution is 2.31. The van der Waals surface area contributed by atoms with E-state index in [-0.39, 0.29) is 0 Å². The summed E-state index contributed by atoms with van der Waals surface area (Å²) in [4.78, 5) is 22.1. The number of carbonyl (C=O) groups is 1. The van der Waals surface area contributed by atoms with Crippen molar-refractivity contribution in [3.05, 3.63) is 57.9 Å². The smallest absolute Gasteiger partial charge is 0.256 e. The van der Waals surface area contributed by atoms with Gasteiger partial charge in [0, 0.05) is 16.7 Å². The minimum absolute atomic E-state index is 0.381. The first-order valence-corrected chi connectivity index (χ1v) is 9.65. The van der Waals surface area contributed by atoms with Gasteiger partial charge < -0.3 is 15.8 Å². The van der Waals surface area contributed by atoms with Gasteiger partial charge in [0.05, 0.1) is 36.0 Å². The highest BCUT2D eigenvalue weighted by atomic mass is 32.1. The number of fused-ring (bicyclic) bond motifs is 2. The molecule has 0 spiro atoms. The van der Waals surface area contributed by atoms with Crippen LogP contribution in [-0.2, 0) is 13.0 Å². The fourth-order valence-corrected chi connectivity index (χ4v) is 3.94. The van der Waals surface area contributed by atoms with Crippen LogP contribution in [0.4, 0.5) is 5.82 Å². The van der Waals surface area contributed by atoms with E-state index in [0.29, 0.717) is 41.4 Å². The maximum Gasteiger partial charge on any atom is 0.256 e. The molecule has 9 heteroatoms. The predicted molar refractivity (Wildman–Crippen MR) is 106 cm³/mol. The lowest BCUT2D eigenvalue weighted by atomic mass is 10.1. The molecule has 1 aliphatic rings. The summed E-state index contributed by atoms with van der Waals surface area (Å²) in [7, 11) is 0. The first-order valence-electron chi connectivity index (χ1n) is 8.77. The van der Waals surface area contributed by atoms with Crippen molar-refractivity contribution in [2.45, 2.75) is 13.0 Å². The summed E-state index contributed by atoms with van der Waals surface area (Å²) >= 11 is 1.69. The zero-order valence-electron chi connectivity index (χ0n) is 14.8. The number of hydrogen-bond acceptors (Lipinski definition) is 7. The minimum Gasteiger partial charge on any atom is -0.477 e. The molecule has 0 radical (unpaired) electrons. The van der Waals surface area contributed by atoms with Crippen LogP contribution in [0, 0.1) is 0 Å². The van der Waals surface area contributed by atoms with E-state index in [4.69, 9.17) is 15.5 Å². The molecule has 3 N–H and O–H groups in total. The van der Waals surface area contributed by atoms with Crippen LogP contribution in [-0.4, -0.2) is 32.3 Å². The molecule has 5 rings (SSSR count). The molecular weight excluding hydrogens is 376 g/mol. The van der Waals surface area contributed by atoms with Crippen LogP contribution in [0.3, 0.4) is 0 Å². The number of nitrogens with one attached hydrogen (secondary N) is 1. The highest BCUT2D eigenvalue weighted by Gasteiger charge is 2.23. The van der Waals surface area contributed by atoms with Crippen molar-refractivity contribution in [3.8, 4) is 11.8 Å². The third kappa shape index (κ3) is 2.76. The largest absolute Gasteiger partial charge is 0.477 e. The summed E-state index contributed by atoms with van der Waals surface area (Å²) in [6, 6.07) is 9.39. The van der Waals surface area contributed by atoms with E-state index in [9.17, 15) is 4.79 Å². The summed E-state index contributed by atoms with van der Waals surface area (Å²) in [5.74, 6) is 1.18. The Hall–Kier alpha value is -3.46. The molecule has 3 aromatic heterocycles. The Morgan fingerprint density at radius 3 is 3.04 bits per heavy atom. The van der Waals surface area contributed by atoms with Crippen LogP contribution in [0.15, 0.2) is 41.9 Å². The van der Waals surface area contributed by atoms with Gasteiger partial charge in [-0.25, -0.2) is 0 Å². The predicted octanol–water partition coefficient (Wildman–Crippen LogP) is 2.52. The summed E-state index contributed by atoms with van der Waals surface area (Å²) in [5.41, 5.74) is 7.56. The van der Waals surface area contributed by atoms with Crippen LogP contribution < -0.4 is 15.8 Å². The second-order valence-electron chi connectivity index (χ2n) is 6.35. The van der Waals surface area contributed by atoms with Crippen molar-refractivity contribution in [3.63, 3.8) is 0 Å². The van der Waals surface area contributed by atoms with Crippen LogP contribution in [0.25, 0.3) is 16.9 Å². The zero-order chi connectivity index (χ0) is 19.1. The SMILES string of the molecule is NC(=O)c1cccc2c1cnn2-c1nc(NCc2cccs2)c2c(n1)OCC2. The Labute approximate surface area is 164 Å². The van der Waals surface area contributed by atoms with Crippen molar-refractivity contribution in [2.24, 2.45) is 5.73 Å². The lowest BCUT2D eigenvalue weighted by Gasteiger charge is -2.11. The summed E-state index contributed by atoms with van der Waals surface area (Å²) in [6.07, 6.45) is 2.36. The number of amides is 1. The summed E-state index contributed by atoms with van der Waals surface area (Å²) in [5, 5.41) is 10.5. The van der Waals surface area contributed by atoms with Crippen LogP contribution >= 0.6 is 11.3 Å². The molecule has 1 amide bonds. The maximum atomic E-state index is 11.7.